The molecule has 0 atom stereocenters. The van der Waals surface area contributed by atoms with Gasteiger partial charge in [0.15, 0.2) is 5.69 Å². The number of aryl methyl sites for hydroxylation is 1. The molecule has 0 aliphatic heterocycles. The third-order valence-electron chi connectivity index (χ3n) is 2.37. The van der Waals surface area contributed by atoms with Gasteiger partial charge in [0.2, 0.25) is 0 Å². The number of rotatable bonds is 3. The Bertz CT molecular complexity index is 503. The van der Waals surface area contributed by atoms with E-state index >= 15 is 0 Å². The van der Waals surface area contributed by atoms with Gasteiger partial charge in [-0.15, -0.1) is 0 Å². The van der Waals surface area contributed by atoms with Crippen molar-refractivity contribution in [2.24, 2.45) is 0 Å². The molecule has 4 heteroatoms. The first-order valence-corrected chi connectivity index (χ1v) is 5.08. The lowest BCUT2D eigenvalue weighted by atomic mass is 10.1. The van der Waals surface area contributed by atoms with E-state index in [4.69, 9.17) is 5.11 Å². The van der Waals surface area contributed by atoms with Crippen LogP contribution in [0.3, 0.4) is 0 Å². The number of aromatic nitrogens is 2. The summed E-state index contributed by atoms with van der Waals surface area (Å²) in [6.07, 6.45) is 1.76. The fraction of sp³-hybridized carbons (Fsp3) is 0.167. The molecule has 0 amide bonds. The van der Waals surface area contributed by atoms with Crippen molar-refractivity contribution in [2.75, 3.05) is 0 Å². The first-order chi connectivity index (χ1) is 7.72. The number of hydrogen-bond acceptors (Lipinski definition) is 2. The van der Waals surface area contributed by atoms with Crippen LogP contribution in [0.5, 0.6) is 0 Å². The van der Waals surface area contributed by atoms with Gasteiger partial charge >= 0.3 is 5.97 Å². The number of carbonyl (C=O) groups is 1. The van der Waals surface area contributed by atoms with Crippen molar-refractivity contribution >= 4 is 5.97 Å². The molecule has 82 valence electrons. The number of benzene rings is 1. The molecule has 0 fully saturated rings. The van der Waals surface area contributed by atoms with Gasteiger partial charge in [0.05, 0.1) is 0 Å². The summed E-state index contributed by atoms with van der Waals surface area (Å²) in [5.74, 6) is -0.994. The van der Waals surface area contributed by atoms with E-state index < -0.39 is 5.97 Å². The second-order valence-electron chi connectivity index (χ2n) is 3.42. The van der Waals surface area contributed by atoms with Crippen LogP contribution in [0.2, 0.25) is 0 Å². The molecule has 0 radical (unpaired) electrons. The standard InChI is InChI=1S/C12H12N2O2/c1-2-14-8-10(11(13-14)12(15)16)9-6-4-3-5-7-9/h3-8H,2H2,1H3,(H,15,16). The maximum atomic E-state index is 11.0. The lowest BCUT2D eigenvalue weighted by Gasteiger charge is -1.97. The predicted octanol–water partition coefficient (Wildman–Crippen LogP) is 2.27. The van der Waals surface area contributed by atoms with Crippen LogP contribution in [0.15, 0.2) is 36.5 Å². The van der Waals surface area contributed by atoms with Gasteiger partial charge in [0.1, 0.15) is 0 Å². The van der Waals surface area contributed by atoms with Crippen molar-refractivity contribution in [1.82, 2.24) is 9.78 Å². The Morgan fingerprint density at radius 2 is 2.06 bits per heavy atom. The molecule has 2 aromatic rings. The molecule has 4 nitrogen and oxygen atoms in total. The average Bonchev–Trinajstić information content (AvgIpc) is 2.74. The minimum atomic E-state index is -0.994. The highest BCUT2D eigenvalue weighted by Gasteiger charge is 2.16. The van der Waals surface area contributed by atoms with Gasteiger partial charge < -0.3 is 5.11 Å². The molecule has 1 aromatic carbocycles. The molecule has 0 bridgehead atoms. The maximum Gasteiger partial charge on any atom is 0.357 e. The fourth-order valence-corrected chi connectivity index (χ4v) is 1.57. The zero-order chi connectivity index (χ0) is 11.5. The first kappa shape index (κ1) is 10.4. The summed E-state index contributed by atoms with van der Waals surface area (Å²) in [6.45, 7) is 2.58. The lowest BCUT2D eigenvalue weighted by Crippen LogP contribution is -2.01. The van der Waals surface area contributed by atoms with E-state index in [0.29, 0.717) is 12.1 Å². The van der Waals surface area contributed by atoms with Crippen LogP contribution in [0.4, 0.5) is 0 Å². The largest absolute Gasteiger partial charge is 0.476 e. The molecule has 0 saturated carbocycles. The van der Waals surface area contributed by atoms with Crippen LogP contribution in [-0.2, 0) is 6.54 Å². The van der Waals surface area contributed by atoms with Crippen LogP contribution >= 0.6 is 0 Å². The van der Waals surface area contributed by atoms with Crippen molar-refractivity contribution in [3.63, 3.8) is 0 Å². The van der Waals surface area contributed by atoms with Gasteiger partial charge in [0.25, 0.3) is 0 Å². The fourth-order valence-electron chi connectivity index (χ4n) is 1.57. The first-order valence-electron chi connectivity index (χ1n) is 5.08. The number of carboxylic acid groups (broad SMARTS) is 1. The van der Waals surface area contributed by atoms with Crippen LogP contribution in [0.1, 0.15) is 17.4 Å². The van der Waals surface area contributed by atoms with Crippen LogP contribution in [0.25, 0.3) is 11.1 Å². The summed E-state index contributed by atoms with van der Waals surface area (Å²) in [5, 5.41) is 13.1. The Morgan fingerprint density at radius 1 is 1.38 bits per heavy atom. The van der Waals surface area contributed by atoms with E-state index in [1.807, 2.05) is 37.3 Å². The highest BCUT2D eigenvalue weighted by molar-refractivity contribution is 5.93. The van der Waals surface area contributed by atoms with Gasteiger partial charge in [0, 0.05) is 18.3 Å². The van der Waals surface area contributed by atoms with Crippen molar-refractivity contribution in [3.05, 3.63) is 42.2 Å². The van der Waals surface area contributed by atoms with Crippen molar-refractivity contribution in [3.8, 4) is 11.1 Å². The minimum Gasteiger partial charge on any atom is -0.476 e. The van der Waals surface area contributed by atoms with Crippen LogP contribution < -0.4 is 0 Å². The third-order valence-corrected chi connectivity index (χ3v) is 2.37. The zero-order valence-corrected chi connectivity index (χ0v) is 8.92. The van der Waals surface area contributed by atoms with Gasteiger partial charge in [-0.25, -0.2) is 4.79 Å². The average molecular weight is 216 g/mol. The molecule has 2 rings (SSSR count). The van der Waals surface area contributed by atoms with Gasteiger partial charge in [-0.2, -0.15) is 5.10 Å². The summed E-state index contributed by atoms with van der Waals surface area (Å²) in [5.41, 5.74) is 1.64. The van der Waals surface area contributed by atoms with Crippen molar-refractivity contribution in [1.29, 1.82) is 0 Å². The summed E-state index contributed by atoms with van der Waals surface area (Å²) in [4.78, 5) is 11.0. The molecule has 0 aliphatic rings. The zero-order valence-electron chi connectivity index (χ0n) is 8.92. The minimum absolute atomic E-state index is 0.105. The number of nitrogens with zero attached hydrogens (tertiary/aromatic N) is 2. The smallest absolute Gasteiger partial charge is 0.357 e. The van der Waals surface area contributed by atoms with Gasteiger partial charge in [-0.3, -0.25) is 4.68 Å². The van der Waals surface area contributed by atoms with E-state index in [9.17, 15) is 4.79 Å². The van der Waals surface area contributed by atoms with Gasteiger partial charge in [-0.05, 0) is 12.5 Å². The SMILES string of the molecule is CCn1cc(-c2ccccc2)c(C(=O)O)n1. The molecule has 0 aliphatic carbocycles. The summed E-state index contributed by atoms with van der Waals surface area (Å²) >= 11 is 0. The van der Waals surface area contributed by atoms with Gasteiger partial charge in [-0.1, -0.05) is 30.3 Å². The Morgan fingerprint density at radius 3 is 2.62 bits per heavy atom. The van der Waals surface area contributed by atoms with E-state index in [2.05, 4.69) is 5.10 Å². The normalized spacial score (nSPS) is 10.3. The monoisotopic (exact) mass is 216 g/mol. The Labute approximate surface area is 93.1 Å². The maximum absolute atomic E-state index is 11.0. The summed E-state index contributed by atoms with van der Waals surface area (Å²) < 4.78 is 1.63. The number of aromatic carboxylic acids is 1. The molecule has 0 unspecified atom stereocenters. The highest BCUT2D eigenvalue weighted by atomic mass is 16.4. The molecular formula is C12H12N2O2. The quantitative estimate of drug-likeness (QED) is 0.856. The molecule has 0 saturated heterocycles. The molecule has 1 heterocycles. The predicted molar refractivity (Wildman–Crippen MR) is 60.3 cm³/mol. The van der Waals surface area contributed by atoms with E-state index in [-0.39, 0.29) is 5.69 Å². The number of hydrogen-bond donors (Lipinski definition) is 1. The molecular weight excluding hydrogens is 204 g/mol. The summed E-state index contributed by atoms with van der Waals surface area (Å²) in [7, 11) is 0. The molecule has 1 N–H and O–H groups in total. The van der Waals surface area contributed by atoms with E-state index in [1.54, 1.807) is 10.9 Å². The highest BCUT2D eigenvalue weighted by Crippen LogP contribution is 2.22. The van der Waals surface area contributed by atoms with Crippen LogP contribution in [-0.4, -0.2) is 20.9 Å². The Hall–Kier alpha value is -2.10. The van der Waals surface area contributed by atoms with E-state index in [1.165, 1.54) is 0 Å². The lowest BCUT2D eigenvalue weighted by molar-refractivity contribution is 0.0690. The molecule has 16 heavy (non-hydrogen) atoms. The van der Waals surface area contributed by atoms with Crippen molar-refractivity contribution in [2.45, 2.75) is 13.5 Å². The molecule has 1 aromatic heterocycles. The second-order valence-corrected chi connectivity index (χ2v) is 3.42. The van der Waals surface area contributed by atoms with E-state index in [0.717, 1.165) is 5.56 Å². The second kappa shape index (κ2) is 4.18. The summed E-state index contributed by atoms with van der Waals surface area (Å²) in [6, 6.07) is 9.41. The number of carboxylic acids is 1. The Balaban J connectivity index is 2.55. The van der Waals surface area contributed by atoms with Crippen molar-refractivity contribution < 1.29 is 9.90 Å². The topological polar surface area (TPSA) is 55.1 Å². The Kier molecular flexibility index (Phi) is 2.72. The van der Waals surface area contributed by atoms with Crippen LogP contribution in [0, 0.1) is 0 Å². The molecule has 0 spiro atoms. The third kappa shape index (κ3) is 1.82.